The van der Waals surface area contributed by atoms with Gasteiger partial charge < -0.3 is 10.2 Å². The minimum absolute atomic E-state index is 0.230. The molecule has 4 rings (SSSR count). The molecule has 4 aromatic rings. The van der Waals surface area contributed by atoms with Crippen LogP contribution in [-0.2, 0) is 6.54 Å². The van der Waals surface area contributed by atoms with Crippen LogP contribution in [0.5, 0.6) is 0 Å². The van der Waals surface area contributed by atoms with E-state index in [9.17, 15) is 4.39 Å². The Bertz CT molecular complexity index is 1000. The van der Waals surface area contributed by atoms with Gasteiger partial charge in [0.25, 0.3) is 0 Å². The van der Waals surface area contributed by atoms with E-state index in [4.69, 9.17) is 4.98 Å². The second-order valence-electron chi connectivity index (χ2n) is 6.15. The summed E-state index contributed by atoms with van der Waals surface area (Å²) < 4.78 is 14.7. The van der Waals surface area contributed by atoms with Crippen LogP contribution in [-0.4, -0.2) is 28.7 Å². The largest absolute Gasteiger partial charge is 0.377 e. The second kappa shape index (κ2) is 6.76. The number of para-hydroxylation sites is 1. The van der Waals surface area contributed by atoms with Gasteiger partial charge in [0.15, 0.2) is 0 Å². The van der Waals surface area contributed by atoms with E-state index in [1.165, 1.54) is 23.5 Å². The summed E-state index contributed by atoms with van der Waals surface area (Å²) in [5.41, 5.74) is 4.10. The molecule has 0 saturated heterocycles. The maximum absolute atomic E-state index is 13.0. The van der Waals surface area contributed by atoms with Gasteiger partial charge >= 0.3 is 0 Å². The van der Waals surface area contributed by atoms with E-state index in [1.807, 2.05) is 32.4 Å². The Hall–Kier alpha value is -2.93. The Kier molecular flexibility index (Phi) is 4.30. The fourth-order valence-electron chi connectivity index (χ4n) is 2.76. The number of anilines is 2. The maximum Gasteiger partial charge on any atom is 0.214 e. The van der Waals surface area contributed by atoms with Crippen LogP contribution in [0.1, 0.15) is 5.56 Å². The minimum Gasteiger partial charge on any atom is -0.377 e. The van der Waals surface area contributed by atoms with Crippen molar-refractivity contribution in [3.8, 4) is 11.3 Å². The van der Waals surface area contributed by atoms with Crippen molar-refractivity contribution in [2.75, 3.05) is 24.3 Å². The van der Waals surface area contributed by atoms with Gasteiger partial charge in [0.05, 0.1) is 11.9 Å². The highest BCUT2D eigenvalue weighted by Gasteiger charge is 2.13. The zero-order chi connectivity index (χ0) is 18.1. The Morgan fingerprint density at radius 1 is 1.12 bits per heavy atom. The Morgan fingerprint density at radius 2 is 1.88 bits per heavy atom. The quantitative estimate of drug-likeness (QED) is 0.572. The molecule has 0 atom stereocenters. The van der Waals surface area contributed by atoms with Gasteiger partial charge in [0.1, 0.15) is 5.82 Å². The van der Waals surface area contributed by atoms with E-state index in [2.05, 4.69) is 27.4 Å². The van der Waals surface area contributed by atoms with E-state index >= 15 is 0 Å². The van der Waals surface area contributed by atoms with Gasteiger partial charge in [-0.05, 0) is 23.8 Å². The summed E-state index contributed by atoms with van der Waals surface area (Å²) in [6.45, 7) is 0.591. The lowest BCUT2D eigenvalue weighted by Crippen LogP contribution is -2.09. The fraction of sp³-hybridized carbons (Fsp3) is 0.158. The molecule has 2 aromatic heterocycles. The Morgan fingerprint density at radius 3 is 2.62 bits per heavy atom. The first-order valence-electron chi connectivity index (χ1n) is 8.21. The van der Waals surface area contributed by atoms with Crippen LogP contribution < -0.4 is 10.2 Å². The zero-order valence-corrected chi connectivity index (χ0v) is 15.3. The predicted molar refractivity (Wildman–Crippen MR) is 104 cm³/mol. The Balaban J connectivity index is 1.55. The molecule has 0 radical (unpaired) electrons. The average Bonchev–Trinajstić information content (AvgIpc) is 3.20. The fourth-order valence-corrected chi connectivity index (χ4v) is 3.54. The topological polar surface area (TPSA) is 45.5 Å². The van der Waals surface area contributed by atoms with E-state index in [0.29, 0.717) is 6.54 Å². The number of imidazole rings is 1. The van der Waals surface area contributed by atoms with E-state index < -0.39 is 0 Å². The number of benzene rings is 2. The number of hydrogen-bond donors (Lipinski definition) is 1. The normalized spacial score (nSPS) is 11.0. The van der Waals surface area contributed by atoms with Crippen LogP contribution in [0.3, 0.4) is 0 Å². The third-order valence-electron chi connectivity index (χ3n) is 4.06. The molecular weight excluding hydrogens is 349 g/mol. The molecule has 0 aliphatic heterocycles. The number of aromatic nitrogens is 3. The van der Waals surface area contributed by atoms with Gasteiger partial charge in [-0.15, -0.1) is 5.10 Å². The molecule has 2 aromatic carbocycles. The number of fused-ring (bicyclic) bond motifs is 1. The molecule has 0 fully saturated rings. The van der Waals surface area contributed by atoms with Gasteiger partial charge in [0.2, 0.25) is 10.1 Å². The van der Waals surface area contributed by atoms with Gasteiger partial charge in [-0.2, -0.15) is 0 Å². The first kappa shape index (κ1) is 16.5. The molecule has 2 heterocycles. The lowest BCUT2D eigenvalue weighted by Gasteiger charge is -2.15. The number of halogens is 1. The van der Waals surface area contributed by atoms with Crippen LogP contribution in [0, 0.1) is 5.82 Å². The van der Waals surface area contributed by atoms with Crippen LogP contribution in [0.15, 0.2) is 54.7 Å². The molecule has 5 nitrogen and oxygen atoms in total. The third kappa shape index (κ3) is 3.25. The van der Waals surface area contributed by atoms with Crippen molar-refractivity contribution in [3.05, 3.63) is 66.1 Å². The standard InChI is InChI=1S/C19H18FN5S/c1-24(2)17-6-4-3-5-15(17)16-12-25-19(22-16)26-18(23-25)21-11-13-7-9-14(20)10-8-13/h3-10,12H,11H2,1-2H3,(H,21,23). The van der Waals surface area contributed by atoms with Gasteiger partial charge in [0, 0.05) is 31.9 Å². The minimum atomic E-state index is -0.230. The van der Waals surface area contributed by atoms with Crippen LogP contribution in [0.2, 0.25) is 0 Å². The first-order chi connectivity index (χ1) is 12.6. The summed E-state index contributed by atoms with van der Waals surface area (Å²) in [6.07, 6.45) is 1.94. The maximum atomic E-state index is 13.0. The summed E-state index contributed by atoms with van der Waals surface area (Å²) >= 11 is 1.49. The van der Waals surface area contributed by atoms with E-state index in [-0.39, 0.29) is 5.82 Å². The molecular formula is C19H18FN5S. The molecule has 7 heteroatoms. The van der Waals surface area contributed by atoms with Crippen molar-refractivity contribution in [1.82, 2.24) is 14.6 Å². The summed E-state index contributed by atoms with van der Waals surface area (Å²) in [4.78, 5) is 7.62. The Labute approximate surface area is 154 Å². The second-order valence-corrected chi connectivity index (χ2v) is 7.11. The van der Waals surface area contributed by atoms with Crippen LogP contribution in [0.4, 0.5) is 15.2 Å². The predicted octanol–water partition coefficient (Wildman–Crippen LogP) is 4.28. The van der Waals surface area contributed by atoms with Crippen LogP contribution >= 0.6 is 11.3 Å². The van der Waals surface area contributed by atoms with Crippen molar-refractivity contribution in [3.63, 3.8) is 0 Å². The number of nitrogens with one attached hydrogen (secondary N) is 1. The molecule has 0 aliphatic rings. The van der Waals surface area contributed by atoms with Crippen molar-refractivity contribution in [1.29, 1.82) is 0 Å². The van der Waals surface area contributed by atoms with Crippen LogP contribution in [0.25, 0.3) is 16.2 Å². The molecule has 0 spiro atoms. The molecule has 1 N–H and O–H groups in total. The van der Waals surface area contributed by atoms with E-state index in [1.54, 1.807) is 16.6 Å². The van der Waals surface area contributed by atoms with Gasteiger partial charge in [-0.3, -0.25) is 0 Å². The van der Waals surface area contributed by atoms with Gasteiger partial charge in [-0.25, -0.2) is 13.9 Å². The lowest BCUT2D eigenvalue weighted by atomic mass is 10.1. The number of nitrogens with zero attached hydrogens (tertiary/aromatic N) is 4. The summed E-state index contributed by atoms with van der Waals surface area (Å²) in [5.74, 6) is -0.230. The molecule has 0 aliphatic carbocycles. The van der Waals surface area contributed by atoms with Crippen molar-refractivity contribution in [2.45, 2.75) is 6.54 Å². The molecule has 132 valence electrons. The molecule has 0 unspecified atom stereocenters. The number of hydrogen-bond acceptors (Lipinski definition) is 5. The monoisotopic (exact) mass is 367 g/mol. The third-order valence-corrected chi connectivity index (χ3v) is 4.94. The molecule has 0 amide bonds. The summed E-state index contributed by atoms with van der Waals surface area (Å²) in [6, 6.07) is 14.6. The van der Waals surface area contributed by atoms with Crippen molar-refractivity contribution < 1.29 is 4.39 Å². The number of rotatable bonds is 5. The highest BCUT2D eigenvalue weighted by Crippen LogP contribution is 2.30. The highest BCUT2D eigenvalue weighted by atomic mass is 32.1. The van der Waals surface area contributed by atoms with E-state index in [0.717, 1.165) is 32.6 Å². The summed E-state index contributed by atoms with van der Waals surface area (Å²) in [7, 11) is 4.04. The average molecular weight is 367 g/mol. The lowest BCUT2D eigenvalue weighted by molar-refractivity contribution is 0.627. The first-order valence-corrected chi connectivity index (χ1v) is 9.03. The highest BCUT2D eigenvalue weighted by molar-refractivity contribution is 7.20. The summed E-state index contributed by atoms with van der Waals surface area (Å²) in [5, 5.41) is 8.58. The zero-order valence-electron chi connectivity index (χ0n) is 14.5. The van der Waals surface area contributed by atoms with Gasteiger partial charge in [-0.1, -0.05) is 41.7 Å². The molecule has 26 heavy (non-hydrogen) atoms. The molecule has 0 bridgehead atoms. The molecule has 0 saturated carbocycles. The SMILES string of the molecule is CN(C)c1ccccc1-c1cn2nc(NCc3ccc(F)cc3)sc2n1. The van der Waals surface area contributed by atoms with Crippen molar-refractivity contribution >= 4 is 27.1 Å². The van der Waals surface area contributed by atoms with Crippen molar-refractivity contribution in [2.24, 2.45) is 0 Å². The smallest absolute Gasteiger partial charge is 0.214 e.